The van der Waals surface area contributed by atoms with E-state index < -0.39 is 10.8 Å². The van der Waals surface area contributed by atoms with Gasteiger partial charge in [-0.15, -0.1) is 0 Å². The van der Waals surface area contributed by atoms with Crippen LogP contribution in [0.5, 0.6) is 0 Å². The van der Waals surface area contributed by atoms with E-state index >= 15 is 0 Å². The van der Waals surface area contributed by atoms with Gasteiger partial charge in [0.25, 0.3) is 0 Å². The topological polar surface area (TPSA) is 43.4 Å². The van der Waals surface area contributed by atoms with Crippen LogP contribution in [0, 0.1) is 16.7 Å². The van der Waals surface area contributed by atoms with Crippen molar-refractivity contribution in [3.63, 3.8) is 0 Å². The SMILES string of the molecule is COCCC(C)CC(C)(C)C(=O)CC(=O)C(C)(C)C. The lowest BCUT2D eigenvalue weighted by atomic mass is 9.75. The van der Waals surface area contributed by atoms with Crippen LogP contribution in [0.4, 0.5) is 0 Å². The fraction of sp³-hybridized carbons (Fsp3) is 0.875. The molecule has 0 aromatic heterocycles. The van der Waals surface area contributed by atoms with E-state index in [1.165, 1.54) is 0 Å². The first-order chi connectivity index (χ1) is 8.50. The number of ketones is 2. The van der Waals surface area contributed by atoms with Crippen LogP contribution in [0.25, 0.3) is 0 Å². The fourth-order valence-corrected chi connectivity index (χ4v) is 2.06. The lowest BCUT2D eigenvalue weighted by Gasteiger charge is -2.27. The van der Waals surface area contributed by atoms with Gasteiger partial charge in [-0.05, 0) is 18.8 Å². The zero-order valence-corrected chi connectivity index (χ0v) is 13.6. The molecular formula is C16H30O3. The van der Waals surface area contributed by atoms with Gasteiger partial charge in [0.2, 0.25) is 0 Å². The van der Waals surface area contributed by atoms with Crippen LogP contribution in [0.1, 0.15) is 60.8 Å². The third-order valence-electron chi connectivity index (χ3n) is 3.59. The van der Waals surface area contributed by atoms with Crippen LogP contribution < -0.4 is 0 Å². The number of Topliss-reactive ketones (excluding diaryl/α,β-unsaturated/α-hetero) is 2. The summed E-state index contributed by atoms with van der Waals surface area (Å²) in [6.07, 6.45) is 1.79. The highest BCUT2D eigenvalue weighted by molar-refractivity contribution is 6.03. The van der Waals surface area contributed by atoms with Crippen molar-refractivity contribution in [3.05, 3.63) is 0 Å². The summed E-state index contributed by atoms with van der Waals surface area (Å²) in [5.41, 5.74) is -0.874. The van der Waals surface area contributed by atoms with Crippen LogP contribution in [-0.2, 0) is 14.3 Å². The summed E-state index contributed by atoms with van der Waals surface area (Å²) in [5.74, 6) is 0.496. The van der Waals surface area contributed by atoms with Gasteiger partial charge in [0, 0.05) is 24.5 Å². The summed E-state index contributed by atoms with van der Waals surface area (Å²) in [4.78, 5) is 24.2. The van der Waals surface area contributed by atoms with Crippen molar-refractivity contribution in [2.45, 2.75) is 60.8 Å². The van der Waals surface area contributed by atoms with Gasteiger partial charge in [-0.25, -0.2) is 0 Å². The van der Waals surface area contributed by atoms with E-state index in [1.807, 2.05) is 34.6 Å². The van der Waals surface area contributed by atoms with E-state index in [0.29, 0.717) is 12.5 Å². The highest BCUT2D eigenvalue weighted by Crippen LogP contribution is 2.30. The minimum absolute atomic E-state index is 0.0233. The van der Waals surface area contributed by atoms with Gasteiger partial charge >= 0.3 is 0 Å². The maximum absolute atomic E-state index is 12.3. The highest BCUT2D eigenvalue weighted by atomic mass is 16.5. The van der Waals surface area contributed by atoms with E-state index in [9.17, 15) is 9.59 Å². The van der Waals surface area contributed by atoms with Gasteiger partial charge in [0.15, 0.2) is 0 Å². The third-order valence-corrected chi connectivity index (χ3v) is 3.59. The first kappa shape index (κ1) is 18.3. The molecule has 0 aromatic rings. The number of ether oxygens (including phenoxy) is 1. The number of methoxy groups -OCH3 is 1. The summed E-state index contributed by atoms with van der Waals surface area (Å²) < 4.78 is 5.06. The third kappa shape index (κ3) is 6.86. The zero-order valence-electron chi connectivity index (χ0n) is 13.6. The molecule has 1 unspecified atom stereocenters. The van der Waals surface area contributed by atoms with E-state index in [0.717, 1.165) is 12.8 Å². The lowest BCUT2D eigenvalue weighted by molar-refractivity contribution is -0.136. The molecule has 0 rings (SSSR count). The zero-order chi connectivity index (χ0) is 15.3. The smallest absolute Gasteiger partial charge is 0.145 e. The molecule has 0 amide bonds. The summed E-state index contributed by atoms with van der Waals surface area (Å²) in [5, 5.41) is 0. The summed E-state index contributed by atoms with van der Waals surface area (Å²) in [7, 11) is 1.69. The maximum atomic E-state index is 12.3. The van der Waals surface area contributed by atoms with Gasteiger partial charge in [0.1, 0.15) is 11.6 Å². The van der Waals surface area contributed by atoms with Crippen molar-refractivity contribution in [1.29, 1.82) is 0 Å². The molecule has 0 aliphatic carbocycles. The number of hydrogen-bond donors (Lipinski definition) is 0. The molecule has 0 saturated heterocycles. The number of rotatable bonds is 8. The molecule has 3 nitrogen and oxygen atoms in total. The van der Waals surface area contributed by atoms with E-state index in [-0.39, 0.29) is 18.0 Å². The monoisotopic (exact) mass is 270 g/mol. The maximum Gasteiger partial charge on any atom is 0.145 e. The number of carbonyl (C=O) groups excluding carboxylic acids is 2. The normalized spacial score (nSPS) is 14.3. The average Bonchev–Trinajstić information content (AvgIpc) is 2.24. The Kier molecular flexibility index (Phi) is 6.92. The van der Waals surface area contributed by atoms with Crippen LogP contribution in [0.2, 0.25) is 0 Å². The summed E-state index contributed by atoms with van der Waals surface area (Å²) in [6.45, 7) is 12.3. The number of hydrogen-bond acceptors (Lipinski definition) is 3. The Hall–Kier alpha value is -0.700. The molecular weight excluding hydrogens is 240 g/mol. The minimum Gasteiger partial charge on any atom is -0.385 e. The van der Waals surface area contributed by atoms with Crippen molar-refractivity contribution in [1.82, 2.24) is 0 Å². The van der Waals surface area contributed by atoms with Crippen LogP contribution in [0.3, 0.4) is 0 Å². The van der Waals surface area contributed by atoms with Crippen LogP contribution in [0.15, 0.2) is 0 Å². The standard InChI is InChI=1S/C16H30O3/c1-12(8-9-19-7)11-16(5,6)14(18)10-13(17)15(2,3)4/h12H,8-11H2,1-7H3. The van der Waals surface area contributed by atoms with Gasteiger partial charge in [-0.1, -0.05) is 41.5 Å². The second-order valence-electron chi connectivity index (χ2n) is 7.25. The first-order valence-corrected chi connectivity index (χ1v) is 7.06. The largest absolute Gasteiger partial charge is 0.385 e. The molecule has 19 heavy (non-hydrogen) atoms. The Balaban J connectivity index is 4.47. The quantitative estimate of drug-likeness (QED) is 0.632. The molecule has 0 aliphatic rings. The van der Waals surface area contributed by atoms with Crippen LogP contribution >= 0.6 is 0 Å². The second-order valence-corrected chi connectivity index (χ2v) is 7.25. The Bertz CT molecular complexity index is 310. The van der Waals surface area contributed by atoms with Crippen molar-refractivity contribution in [2.24, 2.45) is 16.7 Å². The molecule has 0 aliphatic heterocycles. The predicted octanol–water partition coefficient (Wildman–Crippen LogP) is 3.65. The van der Waals surface area contributed by atoms with Gasteiger partial charge < -0.3 is 4.74 Å². The summed E-state index contributed by atoms with van der Waals surface area (Å²) in [6, 6.07) is 0. The number of carbonyl (C=O) groups is 2. The summed E-state index contributed by atoms with van der Waals surface area (Å²) >= 11 is 0. The molecule has 1 atom stereocenters. The van der Waals surface area contributed by atoms with E-state index in [1.54, 1.807) is 7.11 Å². The molecule has 112 valence electrons. The Morgan fingerprint density at radius 2 is 1.58 bits per heavy atom. The molecule has 0 radical (unpaired) electrons. The van der Waals surface area contributed by atoms with Crippen LogP contribution in [-0.4, -0.2) is 25.3 Å². The highest BCUT2D eigenvalue weighted by Gasteiger charge is 2.33. The molecule has 0 spiro atoms. The first-order valence-electron chi connectivity index (χ1n) is 7.06. The molecule has 0 aromatic carbocycles. The van der Waals surface area contributed by atoms with Gasteiger partial charge in [-0.3, -0.25) is 9.59 Å². The van der Waals surface area contributed by atoms with E-state index in [4.69, 9.17) is 4.74 Å². The van der Waals surface area contributed by atoms with E-state index in [2.05, 4.69) is 6.92 Å². The van der Waals surface area contributed by atoms with Gasteiger partial charge in [-0.2, -0.15) is 0 Å². The Morgan fingerprint density at radius 3 is 2.00 bits per heavy atom. The predicted molar refractivity (Wildman–Crippen MR) is 78.1 cm³/mol. The average molecular weight is 270 g/mol. The van der Waals surface area contributed by atoms with Crippen molar-refractivity contribution < 1.29 is 14.3 Å². The molecule has 0 saturated carbocycles. The minimum atomic E-state index is -0.437. The molecule has 3 heteroatoms. The van der Waals surface area contributed by atoms with Gasteiger partial charge in [0.05, 0.1) is 6.42 Å². The fourth-order valence-electron chi connectivity index (χ4n) is 2.06. The van der Waals surface area contributed by atoms with Crippen molar-refractivity contribution >= 4 is 11.6 Å². The van der Waals surface area contributed by atoms with Crippen molar-refractivity contribution in [2.75, 3.05) is 13.7 Å². The molecule has 0 heterocycles. The second kappa shape index (κ2) is 7.18. The van der Waals surface area contributed by atoms with Crippen molar-refractivity contribution in [3.8, 4) is 0 Å². The molecule has 0 bridgehead atoms. The Morgan fingerprint density at radius 1 is 1.05 bits per heavy atom. The Labute approximate surface area is 118 Å². The molecule has 0 N–H and O–H groups in total. The molecule has 0 fully saturated rings. The lowest BCUT2D eigenvalue weighted by Crippen LogP contribution is -2.32.